The van der Waals surface area contributed by atoms with Gasteiger partial charge in [-0.15, -0.1) is 0 Å². The third-order valence-electron chi connectivity index (χ3n) is 2.98. The number of aromatic amines is 1. The Morgan fingerprint density at radius 1 is 1.20 bits per heavy atom. The highest BCUT2D eigenvalue weighted by Crippen LogP contribution is 2.15. The average molecular weight is 269 g/mol. The predicted octanol–water partition coefficient (Wildman–Crippen LogP) is 1.08. The van der Waals surface area contributed by atoms with E-state index < -0.39 is 11.2 Å². The Kier molecular flexibility index (Phi) is 2.83. The van der Waals surface area contributed by atoms with Gasteiger partial charge in [0, 0.05) is 6.20 Å². The highest BCUT2D eigenvalue weighted by atomic mass is 16.5. The van der Waals surface area contributed by atoms with Crippen molar-refractivity contribution in [3.63, 3.8) is 0 Å². The average Bonchev–Trinajstić information content (AvgIpc) is 2.48. The van der Waals surface area contributed by atoms with E-state index in [1.807, 2.05) is 0 Å². The van der Waals surface area contributed by atoms with Crippen LogP contribution in [0.2, 0.25) is 0 Å². The molecule has 100 valence electrons. The van der Waals surface area contributed by atoms with Gasteiger partial charge in [-0.1, -0.05) is 6.07 Å². The van der Waals surface area contributed by atoms with Gasteiger partial charge in [0.2, 0.25) is 0 Å². The minimum absolute atomic E-state index is 0.281. The summed E-state index contributed by atoms with van der Waals surface area (Å²) in [7, 11) is 1.52. The summed E-state index contributed by atoms with van der Waals surface area (Å²) in [4.78, 5) is 31.2. The topological polar surface area (TPSA) is 77.0 Å². The number of fused-ring (bicyclic) bond motifs is 1. The van der Waals surface area contributed by atoms with E-state index in [0.717, 1.165) is 4.57 Å². The Morgan fingerprint density at radius 2 is 2.05 bits per heavy atom. The van der Waals surface area contributed by atoms with E-state index in [4.69, 9.17) is 4.74 Å². The summed E-state index contributed by atoms with van der Waals surface area (Å²) in [5.74, 6) is 0.831. The molecule has 0 atom stereocenters. The molecule has 1 aromatic carbocycles. The first-order valence-corrected chi connectivity index (χ1v) is 5.95. The molecule has 2 heterocycles. The van der Waals surface area contributed by atoms with Crippen LogP contribution in [-0.2, 0) is 0 Å². The Bertz CT molecular complexity index is 882. The zero-order chi connectivity index (χ0) is 14.1. The van der Waals surface area contributed by atoms with Crippen molar-refractivity contribution in [3.05, 3.63) is 63.4 Å². The fraction of sp³-hybridized carbons (Fsp3) is 0.0714. The Balaban J connectivity index is 2.39. The third kappa shape index (κ3) is 1.87. The number of nitrogens with one attached hydrogen (secondary N) is 1. The molecule has 0 saturated carbocycles. The minimum Gasteiger partial charge on any atom is -0.497 e. The van der Waals surface area contributed by atoms with Gasteiger partial charge < -0.3 is 9.72 Å². The van der Waals surface area contributed by atoms with Crippen LogP contribution in [-0.4, -0.2) is 21.6 Å². The van der Waals surface area contributed by atoms with Crippen molar-refractivity contribution in [2.24, 2.45) is 0 Å². The van der Waals surface area contributed by atoms with E-state index in [9.17, 15) is 9.59 Å². The van der Waals surface area contributed by atoms with Crippen LogP contribution in [0.4, 0.5) is 0 Å². The zero-order valence-corrected chi connectivity index (χ0v) is 10.7. The molecule has 0 radical (unpaired) electrons. The van der Waals surface area contributed by atoms with E-state index in [0.29, 0.717) is 16.7 Å². The van der Waals surface area contributed by atoms with Gasteiger partial charge in [0.05, 0.1) is 18.0 Å². The van der Waals surface area contributed by atoms with Gasteiger partial charge in [-0.05, 0) is 30.3 Å². The predicted molar refractivity (Wildman–Crippen MR) is 74.5 cm³/mol. The van der Waals surface area contributed by atoms with Crippen LogP contribution in [0.5, 0.6) is 5.75 Å². The molecule has 3 aromatic rings. The first kappa shape index (κ1) is 12.2. The fourth-order valence-corrected chi connectivity index (χ4v) is 2.01. The number of aromatic nitrogens is 3. The Hall–Kier alpha value is -2.89. The number of benzene rings is 1. The van der Waals surface area contributed by atoms with E-state index in [1.54, 1.807) is 36.4 Å². The number of hydrogen-bond donors (Lipinski definition) is 1. The monoisotopic (exact) mass is 269 g/mol. The molecule has 20 heavy (non-hydrogen) atoms. The summed E-state index contributed by atoms with van der Waals surface area (Å²) in [6.07, 6.45) is 1.52. The standard InChI is InChI=1S/C14H11N3O3/c1-20-9-5-6-11-10(8-9)13(18)17(14(19)16-11)12-4-2-3-7-15-12/h2-8H,1H3,(H,16,19). The van der Waals surface area contributed by atoms with Crippen molar-refractivity contribution in [1.82, 2.24) is 14.5 Å². The van der Waals surface area contributed by atoms with Crippen LogP contribution in [0.3, 0.4) is 0 Å². The van der Waals surface area contributed by atoms with Crippen LogP contribution < -0.4 is 16.0 Å². The van der Waals surface area contributed by atoms with Crippen LogP contribution >= 0.6 is 0 Å². The molecular weight excluding hydrogens is 258 g/mol. The third-order valence-corrected chi connectivity index (χ3v) is 2.98. The lowest BCUT2D eigenvalue weighted by Gasteiger charge is -2.06. The van der Waals surface area contributed by atoms with Gasteiger partial charge in [0.15, 0.2) is 0 Å². The number of methoxy groups -OCH3 is 1. The van der Waals surface area contributed by atoms with E-state index in [2.05, 4.69) is 9.97 Å². The van der Waals surface area contributed by atoms with Gasteiger partial charge in [-0.2, -0.15) is 0 Å². The second kappa shape index (κ2) is 4.65. The van der Waals surface area contributed by atoms with E-state index in [-0.39, 0.29) is 5.82 Å². The van der Waals surface area contributed by atoms with Gasteiger partial charge in [-0.3, -0.25) is 4.79 Å². The second-order valence-electron chi connectivity index (χ2n) is 4.17. The minimum atomic E-state index is -0.522. The normalized spacial score (nSPS) is 10.7. The van der Waals surface area contributed by atoms with Crippen molar-refractivity contribution in [3.8, 4) is 11.6 Å². The molecular formula is C14H11N3O3. The summed E-state index contributed by atoms with van der Waals surface area (Å²) in [5.41, 5.74) is -0.485. The van der Waals surface area contributed by atoms with Crippen molar-refractivity contribution in [2.75, 3.05) is 7.11 Å². The first-order chi connectivity index (χ1) is 9.70. The van der Waals surface area contributed by atoms with Crippen molar-refractivity contribution >= 4 is 10.9 Å². The molecule has 6 nitrogen and oxygen atoms in total. The highest BCUT2D eigenvalue weighted by Gasteiger charge is 2.10. The molecule has 6 heteroatoms. The molecule has 0 unspecified atom stereocenters. The molecule has 3 rings (SSSR count). The summed E-state index contributed by atoms with van der Waals surface area (Å²) in [6, 6.07) is 9.94. The van der Waals surface area contributed by atoms with Crippen LogP contribution in [0.25, 0.3) is 16.7 Å². The SMILES string of the molecule is COc1ccc2[nH]c(=O)n(-c3ccccn3)c(=O)c2c1. The van der Waals surface area contributed by atoms with E-state index >= 15 is 0 Å². The smallest absolute Gasteiger partial charge is 0.334 e. The maximum Gasteiger partial charge on any atom is 0.334 e. The maximum absolute atomic E-state index is 12.5. The lowest BCUT2D eigenvalue weighted by Crippen LogP contribution is -2.34. The lowest BCUT2D eigenvalue weighted by atomic mass is 10.2. The summed E-state index contributed by atoms with van der Waals surface area (Å²) in [5, 5.41) is 0.370. The fourth-order valence-electron chi connectivity index (χ4n) is 2.01. The Morgan fingerprint density at radius 3 is 2.75 bits per heavy atom. The van der Waals surface area contributed by atoms with Crippen LogP contribution in [0.1, 0.15) is 0 Å². The van der Waals surface area contributed by atoms with Crippen molar-refractivity contribution < 1.29 is 4.74 Å². The maximum atomic E-state index is 12.5. The van der Waals surface area contributed by atoms with Crippen molar-refractivity contribution in [2.45, 2.75) is 0 Å². The van der Waals surface area contributed by atoms with Crippen molar-refractivity contribution in [1.29, 1.82) is 0 Å². The molecule has 0 aliphatic heterocycles. The van der Waals surface area contributed by atoms with Gasteiger partial charge in [0.25, 0.3) is 5.56 Å². The quantitative estimate of drug-likeness (QED) is 0.755. The van der Waals surface area contributed by atoms with Crippen LogP contribution in [0.15, 0.2) is 52.2 Å². The molecule has 0 spiro atoms. The molecule has 2 aromatic heterocycles. The van der Waals surface area contributed by atoms with Gasteiger partial charge in [-0.25, -0.2) is 14.3 Å². The molecule has 0 amide bonds. The zero-order valence-electron chi connectivity index (χ0n) is 10.7. The number of hydrogen-bond acceptors (Lipinski definition) is 4. The lowest BCUT2D eigenvalue weighted by molar-refractivity contribution is 0.415. The Labute approximate surface area is 113 Å². The van der Waals surface area contributed by atoms with Gasteiger partial charge >= 0.3 is 5.69 Å². The molecule has 0 aliphatic rings. The first-order valence-electron chi connectivity index (χ1n) is 5.95. The number of ether oxygens (including phenoxy) is 1. The summed E-state index contributed by atoms with van der Waals surface area (Å²) >= 11 is 0. The second-order valence-corrected chi connectivity index (χ2v) is 4.17. The molecule has 0 fully saturated rings. The summed E-state index contributed by atoms with van der Waals surface area (Å²) < 4.78 is 6.10. The largest absolute Gasteiger partial charge is 0.497 e. The molecule has 0 bridgehead atoms. The number of pyridine rings is 1. The number of H-pyrrole nitrogens is 1. The van der Waals surface area contributed by atoms with E-state index in [1.165, 1.54) is 13.3 Å². The highest BCUT2D eigenvalue weighted by molar-refractivity contribution is 5.79. The van der Waals surface area contributed by atoms with Crippen LogP contribution in [0, 0.1) is 0 Å². The number of rotatable bonds is 2. The number of nitrogens with zero attached hydrogens (tertiary/aromatic N) is 2. The molecule has 1 N–H and O–H groups in total. The van der Waals surface area contributed by atoms with Gasteiger partial charge in [0.1, 0.15) is 11.6 Å². The molecule has 0 aliphatic carbocycles. The molecule has 0 saturated heterocycles. The summed E-state index contributed by atoms with van der Waals surface area (Å²) in [6.45, 7) is 0.